The summed E-state index contributed by atoms with van der Waals surface area (Å²) in [5.74, 6) is 0.0202. The first-order valence-corrected chi connectivity index (χ1v) is 6.05. The van der Waals surface area contributed by atoms with Gasteiger partial charge in [-0.15, -0.1) is 0 Å². The summed E-state index contributed by atoms with van der Waals surface area (Å²) in [4.78, 5) is 12.4. The number of nitrogens with zero attached hydrogens (tertiary/aromatic N) is 1. The molecule has 0 N–H and O–H groups in total. The molecule has 2 nitrogen and oxygen atoms in total. The Labute approximate surface area is 102 Å². The minimum Gasteiger partial charge on any atom is -0.292 e. The molecule has 0 atom stereocenters. The molecule has 88 valence electrons. The van der Waals surface area contributed by atoms with Gasteiger partial charge in [-0.3, -0.25) is 4.79 Å². The summed E-state index contributed by atoms with van der Waals surface area (Å²) in [5.41, 5.74) is 3.37. The number of ketones is 1. The van der Waals surface area contributed by atoms with Gasteiger partial charge >= 0.3 is 0 Å². The third kappa shape index (κ3) is 1.67. The average molecular weight is 227 g/mol. The van der Waals surface area contributed by atoms with Crippen LogP contribution in [-0.2, 0) is 0 Å². The van der Waals surface area contributed by atoms with Crippen LogP contribution in [0.1, 0.15) is 46.3 Å². The number of Topliss-reactive ketones (excluding diaryl/α,β-unsaturated/α-hetero) is 1. The molecule has 0 radical (unpaired) electrons. The van der Waals surface area contributed by atoms with Gasteiger partial charge in [-0.2, -0.15) is 5.26 Å². The maximum Gasteiger partial charge on any atom is 0.183 e. The van der Waals surface area contributed by atoms with Crippen LogP contribution in [0.25, 0.3) is 0 Å². The zero-order chi connectivity index (χ0) is 12.6. The number of benzene rings is 1. The fourth-order valence-electron chi connectivity index (χ4n) is 2.38. The normalized spacial score (nSPS) is 17.1. The van der Waals surface area contributed by atoms with E-state index in [2.05, 4.69) is 6.07 Å². The fraction of sp³-hybridized carbons (Fsp3) is 0.467. The molecule has 1 fully saturated rings. The standard InChI is InChI=1S/C15H17NO/c1-10-5-6-13(12(3)11(10)2)14(17)15(9-16)7-4-8-15/h5-6H,4,7-8H2,1-3H3. The van der Waals surface area contributed by atoms with Crippen molar-refractivity contribution in [2.24, 2.45) is 5.41 Å². The van der Waals surface area contributed by atoms with E-state index in [-0.39, 0.29) is 5.78 Å². The summed E-state index contributed by atoms with van der Waals surface area (Å²) in [6.07, 6.45) is 2.42. The average Bonchev–Trinajstić information content (AvgIpc) is 2.25. The van der Waals surface area contributed by atoms with Gasteiger partial charge in [0, 0.05) is 5.56 Å². The van der Waals surface area contributed by atoms with Crippen molar-refractivity contribution in [2.45, 2.75) is 40.0 Å². The predicted molar refractivity (Wildman–Crippen MR) is 66.9 cm³/mol. The van der Waals surface area contributed by atoms with Gasteiger partial charge in [-0.25, -0.2) is 0 Å². The van der Waals surface area contributed by atoms with Crippen LogP contribution in [0.4, 0.5) is 0 Å². The summed E-state index contributed by atoms with van der Waals surface area (Å²) >= 11 is 0. The topological polar surface area (TPSA) is 40.9 Å². The number of nitriles is 1. The second-order valence-electron chi connectivity index (χ2n) is 5.06. The molecular formula is C15H17NO. The van der Waals surface area contributed by atoms with Crippen molar-refractivity contribution in [3.8, 4) is 6.07 Å². The minimum atomic E-state index is -0.730. The highest BCUT2D eigenvalue weighted by atomic mass is 16.1. The largest absolute Gasteiger partial charge is 0.292 e. The smallest absolute Gasteiger partial charge is 0.183 e. The Balaban J connectivity index is 2.46. The summed E-state index contributed by atoms with van der Waals surface area (Å²) < 4.78 is 0. The molecule has 0 aliphatic heterocycles. The minimum absolute atomic E-state index is 0.0202. The highest BCUT2D eigenvalue weighted by molar-refractivity contribution is 6.04. The fourth-order valence-corrected chi connectivity index (χ4v) is 2.38. The quantitative estimate of drug-likeness (QED) is 0.726. The summed E-state index contributed by atoms with van der Waals surface area (Å²) in [6, 6.07) is 6.07. The SMILES string of the molecule is Cc1ccc(C(=O)C2(C#N)CCC2)c(C)c1C. The number of hydrogen-bond acceptors (Lipinski definition) is 2. The molecule has 0 heterocycles. The van der Waals surface area contributed by atoms with Crippen molar-refractivity contribution in [2.75, 3.05) is 0 Å². The molecule has 1 aromatic carbocycles. The monoisotopic (exact) mass is 227 g/mol. The molecular weight excluding hydrogens is 210 g/mol. The van der Waals surface area contributed by atoms with E-state index in [1.807, 2.05) is 32.9 Å². The summed E-state index contributed by atoms with van der Waals surface area (Å²) in [7, 11) is 0. The van der Waals surface area contributed by atoms with Crippen molar-refractivity contribution < 1.29 is 4.79 Å². The van der Waals surface area contributed by atoms with E-state index in [1.54, 1.807) is 0 Å². The molecule has 0 bridgehead atoms. The Bertz CT molecular complexity index is 518. The van der Waals surface area contributed by atoms with Gasteiger partial charge in [0.2, 0.25) is 0 Å². The van der Waals surface area contributed by atoms with Crippen molar-refractivity contribution in [1.82, 2.24) is 0 Å². The number of aryl methyl sites for hydroxylation is 1. The molecule has 0 unspecified atom stereocenters. The van der Waals surface area contributed by atoms with E-state index in [0.29, 0.717) is 12.8 Å². The van der Waals surface area contributed by atoms with Crippen LogP contribution in [0.3, 0.4) is 0 Å². The third-order valence-corrected chi connectivity index (χ3v) is 4.16. The molecule has 1 aliphatic rings. The zero-order valence-electron chi connectivity index (χ0n) is 10.6. The van der Waals surface area contributed by atoms with Crippen molar-refractivity contribution >= 4 is 5.78 Å². The number of rotatable bonds is 2. The molecule has 0 amide bonds. The molecule has 0 spiro atoms. The Morgan fingerprint density at radius 2 is 1.88 bits per heavy atom. The van der Waals surface area contributed by atoms with Crippen LogP contribution >= 0.6 is 0 Å². The first kappa shape index (κ1) is 11.9. The van der Waals surface area contributed by atoms with Gasteiger partial charge in [0.1, 0.15) is 5.41 Å². The van der Waals surface area contributed by atoms with Crippen LogP contribution in [-0.4, -0.2) is 5.78 Å². The Morgan fingerprint density at radius 3 is 2.35 bits per heavy atom. The van der Waals surface area contributed by atoms with Crippen molar-refractivity contribution in [3.63, 3.8) is 0 Å². The number of hydrogen-bond donors (Lipinski definition) is 0. The lowest BCUT2D eigenvalue weighted by atomic mass is 9.65. The molecule has 1 saturated carbocycles. The number of carbonyl (C=O) groups is 1. The van der Waals surface area contributed by atoms with E-state index < -0.39 is 5.41 Å². The molecule has 0 aromatic heterocycles. The van der Waals surface area contributed by atoms with E-state index in [1.165, 1.54) is 5.56 Å². The predicted octanol–water partition coefficient (Wildman–Crippen LogP) is 3.49. The maximum atomic E-state index is 12.4. The van der Waals surface area contributed by atoms with E-state index in [0.717, 1.165) is 23.1 Å². The highest BCUT2D eigenvalue weighted by Gasteiger charge is 2.45. The van der Waals surface area contributed by atoms with Gasteiger partial charge < -0.3 is 0 Å². The molecule has 2 rings (SSSR count). The Hall–Kier alpha value is -1.62. The molecule has 17 heavy (non-hydrogen) atoms. The van der Waals surface area contributed by atoms with Crippen molar-refractivity contribution in [1.29, 1.82) is 5.26 Å². The van der Waals surface area contributed by atoms with Gasteiger partial charge in [-0.1, -0.05) is 12.1 Å². The first-order chi connectivity index (χ1) is 8.02. The van der Waals surface area contributed by atoms with Crippen LogP contribution in [0.5, 0.6) is 0 Å². The molecule has 1 aromatic rings. The Morgan fingerprint density at radius 1 is 1.24 bits per heavy atom. The lowest BCUT2D eigenvalue weighted by Crippen LogP contribution is -2.37. The van der Waals surface area contributed by atoms with Gasteiger partial charge in [0.25, 0.3) is 0 Å². The molecule has 2 heteroatoms. The van der Waals surface area contributed by atoms with Crippen LogP contribution in [0.2, 0.25) is 0 Å². The molecule has 0 saturated heterocycles. The van der Waals surface area contributed by atoms with E-state index >= 15 is 0 Å². The lowest BCUT2D eigenvalue weighted by Gasteiger charge is -2.34. The number of carbonyl (C=O) groups excluding carboxylic acids is 1. The van der Waals surface area contributed by atoms with E-state index in [4.69, 9.17) is 0 Å². The highest BCUT2D eigenvalue weighted by Crippen LogP contribution is 2.43. The maximum absolute atomic E-state index is 12.4. The lowest BCUT2D eigenvalue weighted by molar-refractivity contribution is 0.0747. The van der Waals surface area contributed by atoms with Crippen LogP contribution in [0.15, 0.2) is 12.1 Å². The second kappa shape index (κ2) is 4.00. The summed E-state index contributed by atoms with van der Waals surface area (Å²) in [6.45, 7) is 6.04. The van der Waals surface area contributed by atoms with Crippen LogP contribution < -0.4 is 0 Å². The molecule has 1 aliphatic carbocycles. The second-order valence-corrected chi connectivity index (χ2v) is 5.06. The van der Waals surface area contributed by atoms with Gasteiger partial charge in [0.05, 0.1) is 6.07 Å². The van der Waals surface area contributed by atoms with E-state index in [9.17, 15) is 10.1 Å². The van der Waals surface area contributed by atoms with Crippen LogP contribution in [0, 0.1) is 37.5 Å². The van der Waals surface area contributed by atoms with Gasteiger partial charge in [0.15, 0.2) is 5.78 Å². The summed E-state index contributed by atoms with van der Waals surface area (Å²) in [5, 5.41) is 9.21. The Kier molecular flexibility index (Phi) is 2.79. The third-order valence-electron chi connectivity index (χ3n) is 4.16. The van der Waals surface area contributed by atoms with Crippen molar-refractivity contribution in [3.05, 3.63) is 34.4 Å². The first-order valence-electron chi connectivity index (χ1n) is 6.05. The van der Waals surface area contributed by atoms with Gasteiger partial charge in [-0.05, 0) is 56.7 Å². The zero-order valence-corrected chi connectivity index (χ0v) is 10.6.